The van der Waals surface area contributed by atoms with Crippen LogP contribution in [-0.4, -0.2) is 19.2 Å². The van der Waals surface area contributed by atoms with Gasteiger partial charge in [0.05, 0.1) is 0 Å². The van der Waals surface area contributed by atoms with Crippen LogP contribution in [0.15, 0.2) is 42.5 Å². The molecule has 0 aliphatic heterocycles. The summed E-state index contributed by atoms with van der Waals surface area (Å²) in [7, 11) is 2.03. The van der Waals surface area contributed by atoms with Crippen molar-refractivity contribution in [2.24, 2.45) is 5.41 Å². The third kappa shape index (κ3) is 2.10. The number of rotatable bonds is 3. The Hall–Kier alpha value is -1.54. The molecule has 0 aromatic heterocycles. The van der Waals surface area contributed by atoms with Crippen molar-refractivity contribution in [1.82, 2.24) is 5.32 Å². The second-order valence-electron chi connectivity index (χ2n) is 6.01. The van der Waals surface area contributed by atoms with Gasteiger partial charge in [0.1, 0.15) is 11.9 Å². The van der Waals surface area contributed by atoms with E-state index in [-0.39, 0.29) is 5.41 Å². The third-order valence-electron chi connectivity index (χ3n) is 4.53. The number of hydrogen-bond donors (Lipinski definition) is 1. The SMILES string of the molecule is CNC1CC(Oc2ccc3ccccc3c2)C1(C)C. The topological polar surface area (TPSA) is 21.3 Å². The minimum absolute atomic E-state index is 0.195. The first-order chi connectivity index (χ1) is 9.11. The Morgan fingerprint density at radius 3 is 2.53 bits per heavy atom. The number of ether oxygens (including phenoxy) is 1. The summed E-state index contributed by atoms with van der Waals surface area (Å²) in [5.41, 5.74) is 0.195. The van der Waals surface area contributed by atoms with E-state index in [0.717, 1.165) is 12.2 Å². The molecule has 2 heteroatoms. The summed E-state index contributed by atoms with van der Waals surface area (Å²) < 4.78 is 6.17. The maximum atomic E-state index is 6.17. The summed E-state index contributed by atoms with van der Waals surface area (Å²) >= 11 is 0. The van der Waals surface area contributed by atoms with Gasteiger partial charge in [-0.15, -0.1) is 0 Å². The van der Waals surface area contributed by atoms with E-state index in [1.807, 2.05) is 7.05 Å². The second-order valence-corrected chi connectivity index (χ2v) is 6.01. The van der Waals surface area contributed by atoms with E-state index in [0.29, 0.717) is 12.1 Å². The first-order valence-electron chi connectivity index (χ1n) is 6.94. The molecule has 0 amide bonds. The van der Waals surface area contributed by atoms with Gasteiger partial charge in [-0.2, -0.15) is 0 Å². The van der Waals surface area contributed by atoms with Crippen LogP contribution in [0.25, 0.3) is 10.8 Å². The van der Waals surface area contributed by atoms with Gasteiger partial charge in [-0.3, -0.25) is 0 Å². The predicted octanol–water partition coefficient (Wildman–Crippen LogP) is 3.61. The molecule has 19 heavy (non-hydrogen) atoms. The average molecular weight is 255 g/mol. The Morgan fingerprint density at radius 2 is 1.84 bits per heavy atom. The number of benzene rings is 2. The van der Waals surface area contributed by atoms with Gasteiger partial charge in [0, 0.05) is 17.9 Å². The van der Waals surface area contributed by atoms with E-state index < -0.39 is 0 Å². The molecule has 100 valence electrons. The predicted molar refractivity (Wildman–Crippen MR) is 79.6 cm³/mol. The quantitative estimate of drug-likeness (QED) is 0.904. The fourth-order valence-electron chi connectivity index (χ4n) is 2.98. The Kier molecular flexibility index (Phi) is 2.98. The molecular formula is C17H21NO. The molecule has 1 saturated carbocycles. The smallest absolute Gasteiger partial charge is 0.120 e. The monoisotopic (exact) mass is 255 g/mol. The first-order valence-corrected chi connectivity index (χ1v) is 6.94. The molecule has 1 aliphatic carbocycles. The van der Waals surface area contributed by atoms with E-state index in [1.165, 1.54) is 10.8 Å². The van der Waals surface area contributed by atoms with Gasteiger partial charge in [0.15, 0.2) is 0 Å². The van der Waals surface area contributed by atoms with Crippen molar-refractivity contribution in [3.8, 4) is 5.75 Å². The van der Waals surface area contributed by atoms with Crippen molar-refractivity contribution in [2.45, 2.75) is 32.4 Å². The van der Waals surface area contributed by atoms with Gasteiger partial charge >= 0.3 is 0 Å². The van der Waals surface area contributed by atoms with Crippen LogP contribution < -0.4 is 10.1 Å². The van der Waals surface area contributed by atoms with E-state index in [9.17, 15) is 0 Å². The fraction of sp³-hybridized carbons (Fsp3) is 0.412. The molecule has 0 radical (unpaired) electrons. The molecule has 1 N–H and O–H groups in total. The zero-order valence-electron chi connectivity index (χ0n) is 11.8. The van der Waals surface area contributed by atoms with E-state index in [2.05, 4.69) is 61.6 Å². The zero-order valence-corrected chi connectivity index (χ0v) is 11.8. The van der Waals surface area contributed by atoms with Crippen LogP contribution in [0, 0.1) is 5.41 Å². The zero-order chi connectivity index (χ0) is 13.5. The first kappa shape index (κ1) is 12.5. The lowest BCUT2D eigenvalue weighted by atomic mass is 9.64. The minimum atomic E-state index is 0.195. The number of fused-ring (bicyclic) bond motifs is 1. The highest BCUT2D eigenvalue weighted by Gasteiger charge is 2.49. The van der Waals surface area contributed by atoms with Crippen LogP contribution in [0.4, 0.5) is 0 Å². The molecule has 2 aromatic carbocycles. The van der Waals surface area contributed by atoms with Crippen LogP contribution in [0.5, 0.6) is 5.75 Å². The van der Waals surface area contributed by atoms with Crippen molar-refractivity contribution in [3.05, 3.63) is 42.5 Å². The third-order valence-corrected chi connectivity index (χ3v) is 4.53. The molecule has 1 fully saturated rings. The second kappa shape index (κ2) is 4.53. The summed E-state index contributed by atoms with van der Waals surface area (Å²) in [6.45, 7) is 4.53. The Labute approximate surface area is 114 Å². The summed E-state index contributed by atoms with van der Waals surface area (Å²) in [5.74, 6) is 0.978. The van der Waals surface area contributed by atoms with E-state index >= 15 is 0 Å². The normalized spacial score (nSPS) is 25.0. The van der Waals surface area contributed by atoms with Gasteiger partial charge in [-0.25, -0.2) is 0 Å². The van der Waals surface area contributed by atoms with Crippen molar-refractivity contribution in [3.63, 3.8) is 0 Å². The van der Waals surface area contributed by atoms with Crippen molar-refractivity contribution >= 4 is 10.8 Å². The Balaban J connectivity index is 1.79. The van der Waals surface area contributed by atoms with Gasteiger partial charge in [-0.05, 0) is 30.0 Å². The highest BCUT2D eigenvalue weighted by Crippen LogP contribution is 2.43. The lowest BCUT2D eigenvalue weighted by molar-refractivity contribution is -0.0520. The van der Waals surface area contributed by atoms with Crippen LogP contribution in [0.2, 0.25) is 0 Å². The molecule has 0 bridgehead atoms. The van der Waals surface area contributed by atoms with Crippen molar-refractivity contribution in [2.75, 3.05) is 7.05 Å². The Morgan fingerprint density at radius 1 is 1.11 bits per heavy atom. The average Bonchev–Trinajstić information content (AvgIpc) is 2.42. The lowest BCUT2D eigenvalue weighted by Gasteiger charge is -2.51. The van der Waals surface area contributed by atoms with Crippen molar-refractivity contribution < 1.29 is 4.74 Å². The van der Waals surface area contributed by atoms with Crippen LogP contribution in [0.1, 0.15) is 20.3 Å². The van der Waals surface area contributed by atoms with Gasteiger partial charge in [-0.1, -0.05) is 44.2 Å². The Bertz CT molecular complexity index is 591. The van der Waals surface area contributed by atoms with Crippen LogP contribution in [0.3, 0.4) is 0 Å². The summed E-state index contributed by atoms with van der Waals surface area (Å²) in [4.78, 5) is 0. The summed E-state index contributed by atoms with van der Waals surface area (Å²) in [5, 5.41) is 5.86. The summed E-state index contributed by atoms with van der Waals surface area (Å²) in [6.07, 6.45) is 1.38. The van der Waals surface area contributed by atoms with Gasteiger partial charge in [0.2, 0.25) is 0 Å². The molecule has 0 saturated heterocycles. The highest BCUT2D eigenvalue weighted by molar-refractivity contribution is 5.83. The van der Waals surface area contributed by atoms with Crippen molar-refractivity contribution in [1.29, 1.82) is 0 Å². The number of hydrogen-bond acceptors (Lipinski definition) is 2. The fourth-order valence-corrected chi connectivity index (χ4v) is 2.98. The summed E-state index contributed by atoms with van der Waals surface area (Å²) in [6, 6.07) is 15.3. The molecule has 1 aliphatic rings. The van der Waals surface area contributed by atoms with Gasteiger partial charge < -0.3 is 10.1 Å². The molecule has 0 heterocycles. The lowest BCUT2D eigenvalue weighted by Crippen LogP contribution is -2.61. The maximum Gasteiger partial charge on any atom is 0.120 e. The largest absolute Gasteiger partial charge is 0.490 e. The van der Waals surface area contributed by atoms with E-state index in [4.69, 9.17) is 4.74 Å². The molecule has 2 unspecified atom stereocenters. The van der Waals surface area contributed by atoms with Crippen LogP contribution >= 0.6 is 0 Å². The van der Waals surface area contributed by atoms with E-state index in [1.54, 1.807) is 0 Å². The maximum absolute atomic E-state index is 6.17. The molecule has 3 rings (SSSR count). The molecule has 2 nitrogen and oxygen atoms in total. The standard InChI is InChI=1S/C17H21NO/c1-17(2)15(18-3)11-16(17)19-14-9-8-12-6-4-5-7-13(12)10-14/h4-10,15-16,18H,11H2,1-3H3. The molecule has 0 spiro atoms. The van der Waals surface area contributed by atoms with Crippen LogP contribution in [-0.2, 0) is 0 Å². The highest BCUT2D eigenvalue weighted by atomic mass is 16.5. The molecule has 2 atom stereocenters. The number of nitrogens with one attached hydrogen (secondary N) is 1. The molecular weight excluding hydrogens is 234 g/mol. The molecule has 2 aromatic rings. The van der Waals surface area contributed by atoms with Gasteiger partial charge in [0.25, 0.3) is 0 Å². The minimum Gasteiger partial charge on any atom is -0.490 e.